The Hall–Kier alpha value is -2.61. The van der Waals surface area contributed by atoms with Crippen molar-refractivity contribution in [3.8, 4) is 6.07 Å². The molecule has 0 N–H and O–H groups in total. The number of carbonyl (C=O) groups is 1. The van der Waals surface area contributed by atoms with E-state index >= 15 is 0 Å². The highest BCUT2D eigenvalue weighted by Crippen LogP contribution is 2.07. The number of rotatable bonds is 3. The van der Waals surface area contributed by atoms with Crippen LogP contribution in [0.5, 0.6) is 0 Å². The van der Waals surface area contributed by atoms with Crippen LogP contribution in [0.25, 0.3) is 0 Å². The molecule has 18 heavy (non-hydrogen) atoms. The number of aromatic nitrogens is 1. The molecule has 2 aromatic heterocycles. The third-order valence-corrected chi connectivity index (χ3v) is 2.46. The molecule has 2 aromatic rings. The lowest BCUT2D eigenvalue weighted by Crippen LogP contribution is -2.26. The van der Waals surface area contributed by atoms with Crippen LogP contribution in [0.3, 0.4) is 0 Å². The van der Waals surface area contributed by atoms with E-state index in [9.17, 15) is 4.79 Å². The number of furan rings is 1. The molecule has 0 fully saturated rings. The molecular formula is C13H11N3O2. The summed E-state index contributed by atoms with van der Waals surface area (Å²) in [5, 5.41) is 8.65. The van der Waals surface area contributed by atoms with Crippen molar-refractivity contribution >= 4 is 5.91 Å². The van der Waals surface area contributed by atoms with Gasteiger partial charge in [0.25, 0.3) is 5.91 Å². The molecule has 0 bridgehead atoms. The number of hydrogen-bond acceptors (Lipinski definition) is 4. The SMILES string of the molecule is CN(Cc1ccoc1)C(=O)c1ccc(C#N)cn1. The second kappa shape index (κ2) is 5.15. The Bertz CT molecular complexity index is 567. The van der Waals surface area contributed by atoms with E-state index in [4.69, 9.17) is 9.68 Å². The second-order valence-corrected chi connectivity index (χ2v) is 3.84. The molecule has 0 aromatic carbocycles. The summed E-state index contributed by atoms with van der Waals surface area (Å²) in [7, 11) is 1.69. The molecule has 2 rings (SSSR count). The molecule has 2 heterocycles. The van der Waals surface area contributed by atoms with Crippen LogP contribution in [0.2, 0.25) is 0 Å². The van der Waals surface area contributed by atoms with Crippen LogP contribution < -0.4 is 0 Å². The summed E-state index contributed by atoms with van der Waals surface area (Å²) in [6, 6.07) is 6.88. The molecule has 5 heteroatoms. The summed E-state index contributed by atoms with van der Waals surface area (Å²) in [4.78, 5) is 17.5. The Morgan fingerprint density at radius 2 is 2.33 bits per heavy atom. The summed E-state index contributed by atoms with van der Waals surface area (Å²) in [5.74, 6) is -0.194. The van der Waals surface area contributed by atoms with Crippen molar-refractivity contribution in [3.63, 3.8) is 0 Å². The minimum Gasteiger partial charge on any atom is -0.472 e. The van der Waals surface area contributed by atoms with Crippen LogP contribution in [0, 0.1) is 11.3 Å². The van der Waals surface area contributed by atoms with Gasteiger partial charge in [0.15, 0.2) is 0 Å². The van der Waals surface area contributed by atoms with E-state index in [2.05, 4.69) is 4.98 Å². The van der Waals surface area contributed by atoms with Crippen LogP contribution in [-0.4, -0.2) is 22.8 Å². The van der Waals surface area contributed by atoms with E-state index < -0.39 is 0 Å². The highest BCUT2D eigenvalue weighted by molar-refractivity contribution is 5.92. The molecule has 0 atom stereocenters. The van der Waals surface area contributed by atoms with Gasteiger partial charge in [-0.1, -0.05) is 0 Å². The molecular weight excluding hydrogens is 230 g/mol. The van der Waals surface area contributed by atoms with Gasteiger partial charge in [-0.15, -0.1) is 0 Å². The van der Waals surface area contributed by atoms with Gasteiger partial charge in [-0.2, -0.15) is 5.26 Å². The van der Waals surface area contributed by atoms with Gasteiger partial charge >= 0.3 is 0 Å². The third kappa shape index (κ3) is 2.55. The Labute approximate surface area is 104 Å². The number of amides is 1. The zero-order chi connectivity index (χ0) is 13.0. The summed E-state index contributed by atoms with van der Waals surface area (Å²) in [5.41, 5.74) is 1.67. The quantitative estimate of drug-likeness (QED) is 0.821. The van der Waals surface area contributed by atoms with Crippen LogP contribution >= 0.6 is 0 Å². The van der Waals surface area contributed by atoms with Crippen LogP contribution in [0.15, 0.2) is 41.3 Å². The topological polar surface area (TPSA) is 70.1 Å². The summed E-state index contributed by atoms with van der Waals surface area (Å²) in [6.07, 6.45) is 4.54. The van der Waals surface area contributed by atoms with Gasteiger partial charge in [0.05, 0.1) is 18.1 Å². The smallest absolute Gasteiger partial charge is 0.272 e. The van der Waals surface area contributed by atoms with Gasteiger partial charge in [-0.05, 0) is 18.2 Å². The fourth-order valence-corrected chi connectivity index (χ4v) is 1.51. The zero-order valence-electron chi connectivity index (χ0n) is 9.83. The van der Waals surface area contributed by atoms with Crippen molar-refractivity contribution in [2.75, 3.05) is 7.05 Å². The van der Waals surface area contributed by atoms with Crippen molar-refractivity contribution in [3.05, 3.63) is 53.7 Å². The molecule has 1 amide bonds. The first-order valence-corrected chi connectivity index (χ1v) is 5.33. The van der Waals surface area contributed by atoms with Gasteiger partial charge in [-0.25, -0.2) is 4.98 Å². The summed E-state index contributed by atoms with van der Waals surface area (Å²) < 4.78 is 4.94. The molecule has 0 spiro atoms. The first-order chi connectivity index (χ1) is 8.70. The number of carbonyl (C=O) groups excluding carboxylic acids is 1. The van der Waals surface area contributed by atoms with Crippen molar-refractivity contribution in [2.24, 2.45) is 0 Å². The predicted molar refractivity (Wildman–Crippen MR) is 63.5 cm³/mol. The standard InChI is InChI=1S/C13H11N3O2/c1-16(8-11-4-5-18-9-11)13(17)12-3-2-10(6-14)7-15-12/h2-5,7,9H,8H2,1H3. The van der Waals surface area contributed by atoms with E-state index in [-0.39, 0.29) is 5.91 Å². The van der Waals surface area contributed by atoms with Gasteiger partial charge in [0.1, 0.15) is 11.8 Å². The summed E-state index contributed by atoms with van der Waals surface area (Å²) >= 11 is 0. The number of hydrogen-bond donors (Lipinski definition) is 0. The molecule has 0 aliphatic carbocycles. The largest absolute Gasteiger partial charge is 0.472 e. The first-order valence-electron chi connectivity index (χ1n) is 5.33. The molecule has 0 saturated carbocycles. The van der Waals surface area contributed by atoms with Crippen molar-refractivity contribution in [1.82, 2.24) is 9.88 Å². The fourth-order valence-electron chi connectivity index (χ4n) is 1.51. The highest BCUT2D eigenvalue weighted by Gasteiger charge is 2.13. The van der Waals surface area contributed by atoms with E-state index in [0.717, 1.165) is 5.56 Å². The molecule has 90 valence electrons. The lowest BCUT2D eigenvalue weighted by Gasteiger charge is -2.15. The Kier molecular flexibility index (Phi) is 3.39. The lowest BCUT2D eigenvalue weighted by atomic mass is 10.2. The van der Waals surface area contributed by atoms with Crippen LogP contribution in [-0.2, 0) is 6.54 Å². The summed E-state index contributed by atoms with van der Waals surface area (Å²) in [6.45, 7) is 0.455. The molecule has 0 aliphatic rings. The molecule has 5 nitrogen and oxygen atoms in total. The lowest BCUT2D eigenvalue weighted by molar-refractivity contribution is 0.0779. The van der Waals surface area contributed by atoms with Gasteiger partial charge in [0, 0.05) is 25.4 Å². The first kappa shape index (κ1) is 11.9. The third-order valence-electron chi connectivity index (χ3n) is 2.46. The monoisotopic (exact) mass is 241 g/mol. The van der Waals surface area contributed by atoms with Crippen molar-refractivity contribution in [1.29, 1.82) is 5.26 Å². The molecule has 0 unspecified atom stereocenters. The van der Waals surface area contributed by atoms with Crippen molar-refractivity contribution in [2.45, 2.75) is 6.54 Å². The maximum Gasteiger partial charge on any atom is 0.272 e. The van der Waals surface area contributed by atoms with E-state index in [0.29, 0.717) is 17.8 Å². The van der Waals surface area contributed by atoms with E-state index in [1.54, 1.807) is 42.7 Å². The fraction of sp³-hybridized carbons (Fsp3) is 0.154. The Morgan fingerprint density at radius 3 is 2.89 bits per heavy atom. The average Bonchev–Trinajstić information content (AvgIpc) is 2.91. The highest BCUT2D eigenvalue weighted by atomic mass is 16.3. The van der Waals surface area contributed by atoms with E-state index in [1.165, 1.54) is 6.20 Å². The van der Waals surface area contributed by atoms with Gasteiger partial charge < -0.3 is 9.32 Å². The number of nitriles is 1. The predicted octanol–water partition coefficient (Wildman–Crippen LogP) is 1.82. The molecule has 0 aliphatic heterocycles. The van der Waals surface area contributed by atoms with Crippen LogP contribution in [0.1, 0.15) is 21.6 Å². The Morgan fingerprint density at radius 1 is 1.50 bits per heavy atom. The van der Waals surface area contributed by atoms with Gasteiger partial charge in [0.2, 0.25) is 0 Å². The number of pyridine rings is 1. The maximum absolute atomic E-state index is 12.0. The van der Waals surface area contributed by atoms with E-state index in [1.807, 2.05) is 6.07 Å². The van der Waals surface area contributed by atoms with Crippen LogP contribution in [0.4, 0.5) is 0 Å². The molecule has 0 radical (unpaired) electrons. The molecule has 0 saturated heterocycles. The maximum atomic E-state index is 12.0. The average molecular weight is 241 g/mol. The minimum atomic E-state index is -0.194. The second-order valence-electron chi connectivity index (χ2n) is 3.84. The zero-order valence-corrected chi connectivity index (χ0v) is 9.83. The normalized spacial score (nSPS) is 9.78. The van der Waals surface area contributed by atoms with Crippen molar-refractivity contribution < 1.29 is 9.21 Å². The number of nitrogens with zero attached hydrogens (tertiary/aromatic N) is 3. The minimum absolute atomic E-state index is 0.194. The Balaban J connectivity index is 2.08. The van der Waals surface area contributed by atoms with Gasteiger partial charge in [-0.3, -0.25) is 4.79 Å².